The molecule has 1 N–H and O–H groups in total. The quantitative estimate of drug-likeness (QED) is 0.910. The molecule has 0 spiro atoms. The van der Waals surface area contributed by atoms with Crippen molar-refractivity contribution >= 4 is 17.2 Å². The summed E-state index contributed by atoms with van der Waals surface area (Å²) in [6.45, 7) is 2.76. The monoisotopic (exact) mass is 329 g/mol. The van der Waals surface area contributed by atoms with Crippen molar-refractivity contribution in [2.45, 2.75) is 25.3 Å². The van der Waals surface area contributed by atoms with Gasteiger partial charge in [0, 0.05) is 36.9 Å². The first kappa shape index (κ1) is 14.7. The summed E-state index contributed by atoms with van der Waals surface area (Å²) in [7, 11) is 0. The Hall–Kier alpha value is -1.86. The normalized spacial score (nSPS) is 24.3. The number of thiazole rings is 1. The molecule has 2 aliphatic rings. The van der Waals surface area contributed by atoms with Crippen molar-refractivity contribution < 1.29 is 4.79 Å². The Morgan fingerprint density at radius 3 is 3.04 bits per heavy atom. The second-order valence-electron chi connectivity index (χ2n) is 6.11. The summed E-state index contributed by atoms with van der Waals surface area (Å²) >= 11 is 1.42. The van der Waals surface area contributed by atoms with Crippen LogP contribution in [-0.4, -0.2) is 51.4 Å². The fourth-order valence-corrected chi connectivity index (χ4v) is 4.21. The van der Waals surface area contributed by atoms with E-state index in [1.165, 1.54) is 24.2 Å². The first-order valence-electron chi connectivity index (χ1n) is 8.07. The summed E-state index contributed by atoms with van der Waals surface area (Å²) in [6, 6.07) is 2.35. The number of nitrogens with zero attached hydrogens (tertiary/aromatic N) is 4. The lowest BCUT2D eigenvalue weighted by molar-refractivity contribution is 0.0588. The molecule has 6 nitrogen and oxygen atoms in total. The van der Waals surface area contributed by atoms with E-state index in [0.717, 1.165) is 26.1 Å². The summed E-state index contributed by atoms with van der Waals surface area (Å²) < 4.78 is 0. The molecule has 4 rings (SSSR count). The maximum Gasteiger partial charge on any atom is 0.273 e. The van der Waals surface area contributed by atoms with Crippen LogP contribution in [0.2, 0.25) is 0 Å². The molecular formula is C16H19N5OS. The minimum absolute atomic E-state index is 0.0347. The molecule has 23 heavy (non-hydrogen) atoms. The summed E-state index contributed by atoms with van der Waals surface area (Å²) in [6.07, 6.45) is 6.82. The highest BCUT2D eigenvalue weighted by Gasteiger charge is 2.33. The topological polar surface area (TPSA) is 71.0 Å². The second kappa shape index (κ2) is 6.33. The molecule has 2 aliphatic heterocycles. The molecule has 2 fully saturated rings. The van der Waals surface area contributed by atoms with Crippen molar-refractivity contribution in [3.8, 4) is 10.8 Å². The maximum absolute atomic E-state index is 12.7. The van der Waals surface area contributed by atoms with E-state index in [9.17, 15) is 4.79 Å². The van der Waals surface area contributed by atoms with Gasteiger partial charge in [-0.2, -0.15) is 0 Å². The lowest BCUT2D eigenvalue weighted by Gasteiger charge is -2.41. The van der Waals surface area contributed by atoms with Gasteiger partial charge in [-0.15, -0.1) is 11.3 Å². The maximum atomic E-state index is 12.7. The predicted molar refractivity (Wildman–Crippen MR) is 88.2 cm³/mol. The van der Waals surface area contributed by atoms with Gasteiger partial charge in [-0.1, -0.05) is 0 Å². The van der Waals surface area contributed by atoms with Crippen molar-refractivity contribution in [2.75, 3.05) is 19.6 Å². The number of fused-ring (bicyclic) bond motifs is 1. The van der Waals surface area contributed by atoms with E-state index < -0.39 is 0 Å². The first-order valence-corrected chi connectivity index (χ1v) is 8.95. The van der Waals surface area contributed by atoms with Crippen molar-refractivity contribution in [3.63, 3.8) is 0 Å². The average molecular weight is 329 g/mol. The SMILES string of the molecule is O=C(c1csc(-c2ncccn2)n1)N1CC[C@@H]2NCCC[C@@H]2C1. The van der Waals surface area contributed by atoms with Crippen LogP contribution in [0.25, 0.3) is 10.8 Å². The van der Waals surface area contributed by atoms with E-state index in [1.807, 2.05) is 10.3 Å². The number of piperidine rings is 2. The Bertz CT molecular complexity index is 689. The Balaban J connectivity index is 1.48. The fraction of sp³-hybridized carbons (Fsp3) is 0.500. The van der Waals surface area contributed by atoms with Gasteiger partial charge in [0.25, 0.3) is 5.91 Å². The van der Waals surface area contributed by atoms with Gasteiger partial charge < -0.3 is 10.2 Å². The van der Waals surface area contributed by atoms with Crippen LogP contribution in [0.15, 0.2) is 23.8 Å². The summed E-state index contributed by atoms with van der Waals surface area (Å²) in [5.41, 5.74) is 0.514. The van der Waals surface area contributed by atoms with Crippen LogP contribution in [0.3, 0.4) is 0 Å². The Kier molecular flexibility index (Phi) is 4.05. The van der Waals surface area contributed by atoms with E-state index in [1.54, 1.807) is 18.5 Å². The minimum Gasteiger partial charge on any atom is -0.337 e. The predicted octanol–water partition coefficient (Wildman–Crippen LogP) is 1.81. The Morgan fingerprint density at radius 2 is 2.17 bits per heavy atom. The van der Waals surface area contributed by atoms with E-state index in [-0.39, 0.29) is 5.91 Å². The molecule has 7 heteroatoms. The van der Waals surface area contributed by atoms with Crippen LogP contribution < -0.4 is 5.32 Å². The summed E-state index contributed by atoms with van der Waals surface area (Å²) in [5.74, 6) is 1.19. The molecule has 0 aromatic carbocycles. The third-order valence-corrected chi connectivity index (χ3v) is 5.50. The molecule has 120 valence electrons. The number of nitrogens with one attached hydrogen (secondary N) is 1. The molecule has 2 aromatic heterocycles. The zero-order valence-electron chi connectivity index (χ0n) is 12.8. The highest BCUT2D eigenvalue weighted by molar-refractivity contribution is 7.13. The van der Waals surface area contributed by atoms with Crippen LogP contribution in [0, 0.1) is 5.92 Å². The molecule has 2 aromatic rings. The number of hydrogen-bond acceptors (Lipinski definition) is 6. The van der Waals surface area contributed by atoms with Gasteiger partial charge in [0.2, 0.25) is 0 Å². The van der Waals surface area contributed by atoms with Gasteiger partial charge in [0.05, 0.1) is 0 Å². The van der Waals surface area contributed by atoms with Crippen LogP contribution in [-0.2, 0) is 0 Å². The molecule has 0 bridgehead atoms. The van der Waals surface area contributed by atoms with Crippen molar-refractivity contribution in [2.24, 2.45) is 5.92 Å². The van der Waals surface area contributed by atoms with E-state index >= 15 is 0 Å². The highest BCUT2D eigenvalue weighted by atomic mass is 32.1. The van der Waals surface area contributed by atoms with Gasteiger partial charge in [-0.05, 0) is 37.8 Å². The first-order chi connectivity index (χ1) is 11.3. The van der Waals surface area contributed by atoms with Crippen LogP contribution in [0.4, 0.5) is 0 Å². The van der Waals surface area contributed by atoms with Crippen LogP contribution in [0.5, 0.6) is 0 Å². The van der Waals surface area contributed by atoms with Crippen LogP contribution in [0.1, 0.15) is 29.8 Å². The zero-order valence-corrected chi connectivity index (χ0v) is 13.6. The molecule has 0 radical (unpaired) electrons. The van der Waals surface area contributed by atoms with Crippen LogP contribution >= 0.6 is 11.3 Å². The Labute approximate surface area is 139 Å². The second-order valence-corrected chi connectivity index (χ2v) is 6.97. The number of amides is 1. The standard InChI is InChI=1S/C16H19N5OS/c22-16(21-8-4-12-11(9-21)3-1-5-17-12)13-10-23-15(20-13)14-18-6-2-7-19-14/h2,6-7,10-12,17H,1,3-5,8-9H2/t11-,12+/m1/s1. The van der Waals surface area contributed by atoms with Crippen molar-refractivity contribution in [3.05, 3.63) is 29.5 Å². The third-order valence-electron chi connectivity index (χ3n) is 4.66. The van der Waals surface area contributed by atoms with E-state index in [0.29, 0.717) is 28.5 Å². The van der Waals surface area contributed by atoms with Gasteiger partial charge >= 0.3 is 0 Å². The smallest absolute Gasteiger partial charge is 0.273 e. The number of likely N-dealkylation sites (tertiary alicyclic amines) is 1. The molecule has 2 saturated heterocycles. The molecule has 2 atom stereocenters. The molecule has 0 saturated carbocycles. The summed E-state index contributed by atoms with van der Waals surface area (Å²) in [5, 5.41) is 6.09. The fourth-order valence-electron chi connectivity index (χ4n) is 3.48. The van der Waals surface area contributed by atoms with E-state index in [4.69, 9.17) is 0 Å². The highest BCUT2D eigenvalue weighted by Crippen LogP contribution is 2.27. The van der Waals surface area contributed by atoms with E-state index in [2.05, 4.69) is 20.3 Å². The zero-order chi connectivity index (χ0) is 15.6. The summed E-state index contributed by atoms with van der Waals surface area (Å²) in [4.78, 5) is 27.5. The lowest BCUT2D eigenvalue weighted by atomic mass is 9.85. The lowest BCUT2D eigenvalue weighted by Crippen LogP contribution is -2.53. The number of carbonyl (C=O) groups is 1. The number of carbonyl (C=O) groups excluding carboxylic acids is 1. The molecule has 1 amide bonds. The molecule has 0 unspecified atom stereocenters. The minimum atomic E-state index is 0.0347. The molecule has 4 heterocycles. The average Bonchev–Trinajstić information content (AvgIpc) is 3.11. The largest absolute Gasteiger partial charge is 0.337 e. The van der Waals surface area contributed by atoms with Crippen molar-refractivity contribution in [1.82, 2.24) is 25.2 Å². The van der Waals surface area contributed by atoms with Gasteiger partial charge in [-0.25, -0.2) is 15.0 Å². The molecule has 0 aliphatic carbocycles. The third kappa shape index (κ3) is 2.98. The number of hydrogen-bond donors (Lipinski definition) is 1. The number of rotatable bonds is 2. The van der Waals surface area contributed by atoms with Gasteiger partial charge in [0.1, 0.15) is 5.69 Å². The number of aromatic nitrogens is 3. The Morgan fingerprint density at radius 1 is 1.30 bits per heavy atom. The molecular weight excluding hydrogens is 310 g/mol. The van der Waals surface area contributed by atoms with Gasteiger partial charge in [-0.3, -0.25) is 4.79 Å². The van der Waals surface area contributed by atoms with Crippen molar-refractivity contribution in [1.29, 1.82) is 0 Å². The van der Waals surface area contributed by atoms with Gasteiger partial charge in [0.15, 0.2) is 10.8 Å².